The van der Waals surface area contributed by atoms with E-state index < -0.39 is 5.97 Å². The number of aromatic nitrogens is 2. The Hall–Kier alpha value is -3.49. The van der Waals surface area contributed by atoms with Crippen LogP contribution >= 0.6 is 11.3 Å². The molecule has 1 aliphatic rings. The number of anilines is 3. The molecule has 0 unspecified atom stereocenters. The fourth-order valence-electron chi connectivity index (χ4n) is 4.21. The number of carboxylic acids is 1. The Labute approximate surface area is 195 Å². The molecule has 33 heavy (non-hydrogen) atoms. The van der Waals surface area contributed by atoms with Crippen LogP contribution in [0.4, 0.5) is 17.3 Å². The van der Waals surface area contributed by atoms with Gasteiger partial charge in [0.05, 0.1) is 35.2 Å². The first-order valence-electron chi connectivity index (χ1n) is 10.9. The summed E-state index contributed by atoms with van der Waals surface area (Å²) < 4.78 is 6.39. The van der Waals surface area contributed by atoms with Crippen molar-refractivity contribution in [2.45, 2.75) is 13.3 Å². The fraction of sp³-hybridized carbons (Fsp3) is 0.240. The Morgan fingerprint density at radius 3 is 2.67 bits per heavy atom. The second-order valence-corrected chi connectivity index (χ2v) is 8.73. The minimum atomic E-state index is -0.911. The molecule has 5 rings (SSSR count). The van der Waals surface area contributed by atoms with E-state index in [9.17, 15) is 9.90 Å². The third-order valence-electron chi connectivity index (χ3n) is 5.86. The Bertz CT molecular complexity index is 1300. The molecule has 0 radical (unpaired) electrons. The third-order valence-corrected chi connectivity index (χ3v) is 6.77. The van der Waals surface area contributed by atoms with E-state index in [-0.39, 0.29) is 0 Å². The van der Waals surface area contributed by atoms with Gasteiger partial charge in [-0.05, 0) is 47.9 Å². The number of nitrogens with zero attached hydrogens (tertiary/aromatic N) is 3. The predicted molar refractivity (Wildman–Crippen MR) is 132 cm³/mol. The van der Waals surface area contributed by atoms with Crippen molar-refractivity contribution in [1.29, 1.82) is 0 Å². The molecule has 0 spiro atoms. The number of nitrogens with one attached hydrogen (secondary N) is 1. The first kappa shape index (κ1) is 21.4. The summed E-state index contributed by atoms with van der Waals surface area (Å²) in [6, 6.07) is 13.6. The molecule has 7 nitrogen and oxygen atoms in total. The Kier molecular flexibility index (Phi) is 5.93. The van der Waals surface area contributed by atoms with Gasteiger partial charge in [-0.3, -0.25) is 0 Å². The largest absolute Gasteiger partial charge is 0.478 e. The van der Waals surface area contributed by atoms with Crippen molar-refractivity contribution in [3.63, 3.8) is 0 Å². The maximum Gasteiger partial charge on any atom is 0.335 e. The van der Waals surface area contributed by atoms with Crippen LogP contribution in [0.1, 0.15) is 22.8 Å². The van der Waals surface area contributed by atoms with E-state index >= 15 is 0 Å². The molecule has 1 fully saturated rings. The Balaban J connectivity index is 1.45. The molecule has 0 bridgehead atoms. The van der Waals surface area contributed by atoms with Gasteiger partial charge in [-0.15, -0.1) is 11.3 Å². The van der Waals surface area contributed by atoms with E-state index in [1.807, 2.05) is 36.7 Å². The summed E-state index contributed by atoms with van der Waals surface area (Å²) in [5.74, 6) is -0.403. The van der Waals surface area contributed by atoms with Gasteiger partial charge in [0.25, 0.3) is 0 Å². The zero-order chi connectivity index (χ0) is 22.8. The molecular formula is C25H24N4O3S. The van der Waals surface area contributed by atoms with E-state index in [1.165, 1.54) is 5.69 Å². The monoisotopic (exact) mass is 460 g/mol. The third kappa shape index (κ3) is 4.27. The SMILES string of the molecule is CCc1c(C(=O)O)cccc1-c1csc2cnc(Nc3ccc(N4CCOCC4)cc3)nc12. The van der Waals surface area contributed by atoms with Crippen molar-refractivity contribution in [3.8, 4) is 11.1 Å². The van der Waals surface area contributed by atoms with Crippen LogP contribution in [-0.2, 0) is 11.2 Å². The number of hydrogen-bond donors (Lipinski definition) is 2. The van der Waals surface area contributed by atoms with E-state index in [0.717, 1.165) is 58.9 Å². The Morgan fingerprint density at radius 1 is 1.15 bits per heavy atom. The number of morpholine rings is 1. The van der Waals surface area contributed by atoms with Crippen molar-refractivity contribution in [2.75, 3.05) is 36.5 Å². The number of ether oxygens (including phenoxy) is 1. The van der Waals surface area contributed by atoms with E-state index in [1.54, 1.807) is 23.5 Å². The molecule has 4 aromatic rings. The van der Waals surface area contributed by atoms with Crippen molar-refractivity contribution in [1.82, 2.24) is 9.97 Å². The lowest BCUT2D eigenvalue weighted by molar-refractivity contribution is 0.0695. The number of aromatic carboxylic acids is 1. The van der Waals surface area contributed by atoms with Gasteiger partial charge in [-0.2, -0.15) is 0 Å². The second kappa shape index (κ2) is 9.17. The molecule has 2 N–H and O–H groups in total. The van der Waals surface area contributed by atoms with Crippen LogP contribution in [0.15, 0.2) is 54.0 Å². The topological polar surface area (TPSA) is 87.6 Å². The van der Waals surface area contributed by atoms with Crippen LogP contribution in [0.3, 0.4) is 0 Å². The summed E-state index contributed by atoms with van der Waals surface area (Å²) in [5, 5.41) is 14.9. The predicted octanol–water partition coefficient (Wildman–Crippen LogP) is 5.20. The van der Waals surface area contributed by atoms with E-state index in [0.29, 0.717) is 17.9 Å². The molecule has 3 heterocycles. The standard InChI is InChI=1S/C25H24N4O3S/c1-2-18-19(4-3-5-20(18)24(30)31)21-15-33-22-14-26-25(28-23(21)22)27-16-6-8-17(9-7-16)29-10-12-32-13-11-29/h3-9,14-15H,2,10-13H2,1H3,(H,30,31)(H,26,27,28). The van der Waals surface area contributed by atoms with Gasteiger partial charge in [0.15, 0.2) is 0 Å². The summed E-state index contributed by atoms with van der Waals surface area (Å²) in [5.41, 5.74) is 5.89. The summed E-state index contributed by atoms with van der Waals surface area (Å²) in [6.45, 7) is 5.28. The quantitative estimate of drug-likeness (QED) is 0.409. The number of benzene rings is 2. The summed E-state index contributed by atoms with van der Waals surface area (Å²) in [6.07, 6.45) is 2.44. The van der Waals surface area contributed by atoms with Gasteiger partial charge >= 0.3 is 5.97 Å². The van der Waals surface area contributed by atoms with Crippen LogP contribution < -0.4 is 10.2 Å². The molecule has 0 saturated carbocycles. The van der Waals surface area contributed by atoms with Gasteiger partial charge in [-0.25, -0.2) is 14.8 Å². The van der Waals surface area contributed by atoms with Gasteiger partial charge in [0.2, 0.25) is 5.95 Å². The lowest BCUT2D eigenvalue weighted by Crippen LogP contribution is -2.36. The molecule has 8 heteroatoms. The van der Waals surface area contributed by atoms with Crippen LogP contribution in [0, 0.1) is 0 Å². The average molecular weight is 461 g/mol. The molecule has 2 aromatic carbocycles. The smallest absolute Gasteiger partial charge is 0.335 e. The highest BCUT2D eigenvalue weighted by Crippen LogP contribution is 2.36. The number of thiophene rings is 1. The molecular weight excluding hydrogens is 436 g/mol. The summed E-state index contributed by atoms with van der Waals surface area (Å²) in [7, 11) is 0. The van der Waals surface area contributed by atoms with Crippen LogP contribution in [0.5, 0.6) is 0 Å². The zero-order valence-corrected chi connectivity index (χ0v) is 19.1. The Morgan fingerprint density at radius 2 is 1.94 bits per heavy atom. The fourth-order valence-corrected chi connectivity index (χ4v) is 5.07. The van der Waals surface area contributed by atoms with Crippen LogP contribution in [-0.4, -0.2) is 47.3 Å². The van der Waals surface area contributed by atoms with Gasteiger partial charge in [-0.1, -0.05) is 19.1 Å². The number of carboxylic acid groups (broad SMARTS) is 1. The van der Waals surface area contributed by atoms with Crippen molar-refractivity contribution in [3.05, 3.63) is 65.2 Å². The first-order chi connectivity index (χ1) is 16.1. The van der Waals surface area contributed by atoms with Crippen LogP contribution in [0.2, 0.25) is 0 Å². The highest BCUT2D eigenvalue weighted by atomic mass is 32.1. The molecule has 0 aliphatic carbocycles. The first-order valence-corrected chi connectivity index (χ1v) is 11.8. The molecule has 168 valence electrons. The number of carbonyl (C=O) groups is 1. The maximum absolute atomic E-state index is 11.7. The molecule has 1 aliphatic heterocycles. The van der Waals surface area contributed by atoms with E-state index in [4.69, 9.17) is 9.72 Å². The highest BCUT2D eigenvalue weighted by Gasteiger charge is 2.17. The lowest BCUT2D eigenvalue weighted by atomic mass is 9.94. The number of fused-ring (bicyclic) bond motifs is 1. The van der Waals surface area contributed by atoms with Crippen LogP contribution in [0.25, 0.3) is 21.3 Å². The summed E-state index contributed by atoms with van der Waals surface area (Å²) >= 11 is 1.56. The summed E-state index contributed by atoms with van der Waals surface area (Å²) in [4.78, 5) is 23.3. The number of hydrogen-bond acceptors (Lipinski definition) is 7. The minimum absolute atomic E-state index is 0.335. The molecule has 1 saturated heterocycles. The zero-order valence-electron chi connectivity index (χ0n) is 18.2. The van der Waals surface area contributed by atoms with Crippen molar-refractivity contribution < 1.29 is 14.6 Å². The average Bonchev–Trinajstić information content (AvgIpc) is 3.27. The maximum atomic E-state index is 11.7. The lowest BCUT2D eigenvalue weighted by Gasteiger charge is -2.28. The number of rotatable bonds is 6. The minimum Gasteiger partial charge on any atom is -0.478 e. The highest BCUT2D eigenvalue weighted by molar-refractivity contribution is 7.17. The molecule has 0 atom stereocenters. The van der Waals surface area contributed by atoms with Gasteiger partial charge in [0, 0.05) is 35.4 Å². The van der Waals surface area contributed by atoms with Crippen molar-refractivity contribution >= 4 is 44.8 Å². The van der Waals surface area contributed by atoms with Crippen molar-refractivity contribution in [2.24, 2.45) is 0 Å². The molecule has 2 aromatic heterocycles. The normalized spacial score (nSPS) is 13.9. The van der Waals surface area contributed by atoms with E-state index in [2.05, 4.69) is 27.3 Å². The van der Waals surface area contributed by atoms with Gasteiger partial charge < -0.3 is 20.1 Å². The second-order valence-electron chi connectivity index (χ2n) is 7.82. The molecule has 0 amide bonds. The van der Waals surface area contributed by atoms with Gasteiger partial charge in [0.1, 0.15) is 0 Å².